The van der Waals surface area contributed by atoms with Gasteiger partial charge in [0.2, 0.25) is 0 Å². The SMILES string of the molecule is CC1CC2CCC1(NC(=O)c1ccccn1)C2. The standard InChI is InChI=1S/C14H18N2O/c1-10-8-11-5-6-14(10,9-11)16-13(17)12-4-2-3-7-15-12/h2-4,7,10-11H,5-6,8-9H2,1H3,(H,16,17). The molecule has 0 radical (unpaired) electrons. The van der Waals surface area contributed by atoms with Gasteiger partial charge in [-0.2, -0.15) is 0 Å². The van der Waals surface area contributed by atoms with Crippen LogP contribution in [0.2, 0.25) is 0 Å². The van der Waals surface area contributed by atoms with Gasteiger partial charge in [-0.15, -0.1) is 0 Å². The van der Waals surface area contributed by atoms with E-state index in [-0.39, 0.29) is 11.4 Å². The number of carbonyl (C=O) groups is 1. The molecule has 1 heterocycles. The monoisotopic (exact) mass is 230 g/mol. The van der Waals surface area contributed by atoms with Crippen molar-refractivity contribution in [1.82, 2.24) is 10.3 Å². The second kappa shape index (κ2) is 3.83. The summed E-state index contributed by atoms with van der Waals surface area (Å²) in [5.41, 5.74) is 0.587. The molecule has 3 unspecified atom stereocenters. The minimum absolute atomic E-state index is 0.0139. The molecule has 17 heavy (non-hydrogen) atoms. The highest BCUT2D eigenvalue weighted by Crippen LogP contribution is 2.51. The third-order valence-electron chi connectivity index (χ3n) is 4.54. The number of pyridine rings is 1. The molecule has 1 N–H and O–H groups in total. The lowest BCUT2D eigenvalue weighted by Gasteiger charge is -2.33. The Morgan fingerprint density at radius 3 is 3.00 bits per heavy atom. The molecule has 90 valence electrons. The second-order valence-electron chi connectivity index (χ2n) is 5.57. The van der Waals surface area contributed by atoms with Crippen LogP contribution in [0.1, 0.15) is 43.1 Å². The fourth-order valence-corrected chi connectivity index (χ4v) is 3.58. The highest BCUT2D eigenvalue weighted by molar-refractivity contribution is 5.92. The number of amides is 1. The van der Waals surface area contributed by atoms with Gasteiger partial charge >= 0.3 is 0 Å². The molecule has 0 spiro atoms. The largest absolute Gasteiger partial charge is 0.345 e. The van der Waals surface area contributed by atoms with Crippen LogP contribution in [0.15, 0.2) is 24.4 Å². The van der Waals surface area contributed by atoms with Crippen molar-refractivity contribution in [2.24, 2.45) is 11.8 Å². The van der Waals surface area contributed by atoms with Crippen LogP contribution in [0.4, 0.5) is 0 Å². The molecule has 2 fully saturated rings. The maximum atomic E-state index is 12.2. The van der Waals surface area contributed by atoms with E-state index in [1.54, 1.807) is 12.3 Å². The van der Waals surface area contributed by atoms with Gasteiger partial charge in [0.05, 0.1) is 0 Å². The quantitative estimate of drug-likeness (QED) is 0.847. The van der Waals surface area contributed by atoms with Crippen molar-refractivity contribution in [3.63, 3.8) is 0 Å². The van der Waals surface area contributed by atoms with Gasteiger partial charge in [0.25, 0.3) is 5.91 Å². The molecule has 2 bridgehead atoms. The lowest BCUT2D eigenvalue weighted by Crippen LogP contribution is -2.49. The number of fused-ring (bicyclic) bond motifs is 2. The van der Waals surface area contributed by atoms with Crippen LogP contribution in [0.25, 0.3) is 0 Å². The van der Waals surface area contributed by atoms with E-state index in [0.717, 1.165) is 18.8 Å². The molecule has 3 nitrogen and oxygen atoms in total. The Balaban J connectivity index is 1.77. The lowest BCUT2D eigenvalue weighted by molar-refractivity contribution is 0.0868. The van der Waals surface area contributed by atoms with E-state index in [0.29, 0.717) is 11.6 Å². The number of carbonyl (C=O) groups excluding carboxylic acids is 1. The summed E-state index contributed by atoms with van der Waals surface area (Å²) in [5, 5.41) is 3.25. The van der Waals surface area contributed by atoms with Crippen molar-refractivity contribution in [2.45, 2.75) is 38.1 Å². The molecule has 3 rings (SSSR count). The van der Waals surface area contributed by atoms with Gasteiger partial charge in [-0.3, -0.25) is 9.78 Å². The summed E-state index contributed by atoms with van der Waals surface area (Å²) in [6.45, 7) is 2.26. The molecule has 1 aromatic heterocycles. The molecule has 0 aromatic carbocycles. The Hall–Kier alpha value is -1.38. The average Bonchev–Trinajstić information content (AvgIpc) is 2.87. The summed E-state index contributed by atoms with van der Waals surface area (Å²) >= 11 is 0. The predicted molar refractivity (Wildman–Crippen MR) is 65.6 cm³/mol. The van der Waals surface area contributed by atoms with Crippen LogP contribution < -0.4 is 5.32 Å². The molecule has 3 heteroatoms. The van der Waals surface area contributed by atoms with Crippen molar-refractivity contribution in [3.05, 3.63) is 30.1 Å². The molecule has 2 aliphatic rings. The molecule has 0 aliphatic heterocycles. The highest BCUT2D eigenvalue weighted by atomic mass is 16.2. The molecular weight excluding hydrogens is 212 g/mol. The van der Waals surface area contributed by atoms with Crippen LogP contribution in [-0.4, -0.2) is 16.4 Å². The van der Waals surface area contributed by atoms with Crippen molar-refractivity contribution in [1.29, 1.82) is 0 Å². The Morgan fingerprint density at radius 1 is 1.53 bits per heavy atom. The smallest absolute Gasteiger partial charge is 0.270 e. The summed E-state index contributed by atoms with van der Waals surface area (Å²) in [6.07, 6.45) is 6.50. The number of nitrogens with one attached hydrogen (secondary N) is 1. The zero-order chi connectivity index (χ0) is 11.9. The van der Waals surface area contributed by atoms with Crippen LogP contribution in [0, 0.1) is 11.8 Å². The molecule has 0 saturated heterocycles. The summed E-state index contributed by atoms with van der Waals surface area (Å²) in [7, 11) is 0. The van der Waals surface area contributed by atoms with E-state index in [9.17, 15) is 4.79 Å². The first-order chi connectivity index (χ1) is 8.20. The van der Waals surface area contributed by atoms with Gasteiger partial charge in [0.15, 0.2) is 0 Å². The van der Waals surface area contributed by atoms with Gasteiger partial charge in [-0.25, -0.2) is 0 Å². The number of hydrogen-bond donors (Lipinski definition) is 1. The van der Waals surface area contributed by atoms with Crippen molar-refractivity contribution in [3.8, 4) is 0 Å². The van der Waals surface area contributed by atoms with Crippen molar-refractivity contribution < 1.29 is 4.79 Å². The average molecular weight is 230 g/mol. The van der Waals surface area contributed by atoms with E-state index in [1.807, 2.05) is 12.1 Å². The van der Waals surface area contributed by atoms with Crippen LogP contribution in [-0.2, 0) is 0 Å². The first-order valence-electron chi connectivity index (χ1n) is 6.43. The first-order valence-corrected chi connectivity index (χ1v) is 6.43. The summed E-state index contributed by atoms with van der Waals surface area (Å²) in [5.74, 6) is 1.42. The van der Waals surface area contributed by atoms with E-state index in [1.165, 1.54) is 12.8 Å². The van der Waals surface area contributed by atoms with Gasteiger partial charge in [-0.05, 0) is 49.7 Å². The zero-order valence-electron chi connectivity index (χ0n) is 10.1. The Labute approximate surface area is 102 Å². The van der Waals surface area contributed by atoms with E-state index in [4.69, 9.17) is 0 Å². The highest BCUT2D eigenvalue weighted by Gasteiger charge is 2.50. The van der Waals surface area contributed by atoms with E-state index < -0.39 is 0 Å². The molecular formula is C14H18N2O. The second-order valence-corrected chi connectivity index (χ2v) is 5.57. The number of rotatable bonds is 2. The minimum Gasteiger partial charge on any atom is -0.345 e. The molecule has 3 atom stereocenters. The zero-order valence-corrected chi connectivity index (χ0v) is 10.1. The summed E-state index contributed by atoms with van der Waals surface area (Å²) < 4.78 is 0. The molecule has 2 saturated carbocycles. The summed E-state index contributed by atoms with van der Waals surface area (Å²) in [6, 6.07) is 5.46. The minimum atomic E-state index is -0.0139. The van der Waals surface area contributed by atoms with Gasteiger partial charge < -0.3 is 5.32 Å². The fourth-order valence-electron chi connectivity index (χ4n) is 3.58. The topological polar surface area (TPSA) is 42.0 Å². The van der Waals surface area contributed by atoms with Gasteiger partial charge in [0, 0.05) is 11.7 Å². The maximum Gasteiger partial charge on any atom is 0.270 e. The van der Waals surface area contributed by atoms with E-state index >= 15 is 0 Å². The number of aromatic nitrogens is 1. The lowest BCUT2D eigenvalue weighted by atomic mass is 9.83. The summed E-state index contributed by atoms with van der Waals surface area (Å²) in [4.78, 5) is 16.3. The maximum absolute atomic E-state index is 12.2. The number of hydrogen-bond acceptors (Lipinski definition) is 2. The van der Waals surface area contributed by atoms with Gasteiger partial charge in [-0.1, -0.05) is 13.0 Å². The van der Waals surface area contributed by atoms with Crippen molar-refractivity contribution >= 4 is 5.91 Å². The fraction of sp³-hybridized carbons (Fsp3) is 0.571. The Morgan fingerprint density at radius 2 is 2.41 bits per heavy atom. The van der Waals surface area contributed by atoms with Crippen LogP contribution in [0.5, 0.6) is 0 Å². The van der Waals surface area contributed by atoms with E-state index in [2.05, 4.69) is 17.2 Å². The molecule has 1 amide bonds. The molecule has 1 aromatic rings. The number of nitrogens with zero attached hydrogens (tertiary/aromatic N) is 1. The first kappa shape index (κ1) is 10.8. The normalized spacial score (nSPS) is 34.9. The Kier molecular flexibility index (Phi) is 2.42. The third kappa shape index (κ3) is 1.74. The van der Waals surface area contributed by atoms with Crippen molar-refractivity contribution in [2.75, 3.05) is 0 Å². The Bertz CT molecular complexity index is 431. The molecule has 2 aliphatic carbocycles. The van der Waals surface area contributed by atoms with Gasteiger partial charge in [0.1, 0.15) is 5.69 Å². The third-order valence-corrected chi connectivity index (χ3v) is 4.54. The van der Waals surface area contributed by atoms with Crippen LogP contribution >= 0.6 is 0 Å². The predicted octanol–water partition coefficient (Wildman–Crippen LogP) is 2.39. The van der Waals surface area contributed by atoms with Crippen LogP contribution in [0.3, 0.4) is 0 Å².